The first-order valence-corrected chi connectivity index (χ1v) is 9.17. The van der Waals surface area contributed by atoms with Crippen molar-refractivity contribution in [2.24, 2.45) is 11.7 Å². The summed E-state index contributed by atoms with van der Waals surface area (Å²) < 4.78 is 28.2. The maximum atomic E-state index is 12.5. The average Bonchev–Trinajstić information content (AvgIpc) is 2.98. The van der Waals surface area contributed by atoms with E-state index in [2.05, 4.69) is 20.7 Å². The van der Waals surface area contributed by atoms with Gasteiger partial charge in [-0.1, -0.05) is 28.8 Å². The van der Waals surface area contributed by atoms with Crippen molar-refractivity contribution in [3.05, 3.63) is 28.2 Å². The molecule has 1 aromatic carbocycles. The molecule has 1 atom stereocenters. The minimum Gasteiger partial charge on any atom is -0.329 e. The molecule has 0 bridgehead atoms. The summed E-state index contributed by atoms with van der Waals surface area (Å²) in [6.45, 7) is 0.281. The lowest BCUT2D eigenvalue weighted by Gasteiger charge is -2.23. The molecule has 0 radical (unpaired) electrons. The topological polar surface area (TPSA) is 96.0 Å². The molecule has 1 unspecified atom stereocenters. The molecule has 1 aliphatic carbocycles. The molecule has 8 heteroatoms. The summed E-state index contributed by atoms with van der Waals surface area (Å²) in [5.41, 5.74) is 6.04. The van der Waals surface area contributed by atoms with Gasteiger partial charge in [-0.25, -0.2) is 13.1 Å². The highest BCUT2D eigenvalue weighted by molar-refractivity contribution is 9.10. The van der Waals surface area contributed by atoms with Crippen molar-refractivity contribution in [1.82, 2.24) is 4.72 Å². The Bertz CT molecular complexity index is 655. The fourth-order valence-corrected chi connectivity index (χ4v) is 4.78. The first-order valence-electron chi connectivity index (χ1n) is 6.89. The van der Waals surface area contributed by atoms with Gasteiger partial charge in [-0.3, -0.25) is 0 Å². The molecule has 1 fully saturated rings. The second-order valence-corrected chi connectivity index (χ2v) is 7.93. The highest BCUT2D eigenvalue weighted by Gasteiger charge is 2.28. The molecule has 5 nitrogen and oxygen atoms in total. The third kappa shape index (κ3) is 4.67. The van der Waals surface area contributed by atoms with E-state index in [1.807, 2.05) is 6.07 Å². The molecule has 2 rings (SSSR count). The lowest BCUT2D eigenvalue weighted by atomic mass is 9.99. The molecule has 22 heavy (non-hydrogen) atoms. The Morgan fingerprint density at radius 3 is 2.55 bits per heavy atom. The minimum atomic E-state index is -3.68. The van der Waals surface area contributed by atoms with Crippen LogP contribution in [0.25, 0.3) is 0 Å². The van der Waals surface area contributed by atoms with E-state index < -0.39 is 10.0 Å². The molecule has 0 amide bonds. The molecular formula is C14H19BrClN3O2S. The number of hydrogen-bond acceptors (Lipinski definition) is 4. The van der Waals surface area contributed by atoms with Crippen LogP contribution in [0.2, 0.25) is 0 Å². The van der Waals surface area contributed by atoms with Crippen molar-refractivity contribution >= 4 is 38.4 Å². The molecule has 0 aromatic heterocycles. The van der Waals surface area contributed by atoms with Gasteiger partial charge in [-0.05, 0) is 37.0 Å². The standard InChI is InChI=1S/C14H18BrN3O2S.ClH/c15-12-5-10(8-16)6-13(7-12)21(19,20)18-14(9-17)11-3-1-2-4-11;/h5-7,11,14,18H,1-4,9,17H2;1H. The first-order chi connectivity index (χ1) is 9.96. The van der Waals surface area contributed by atoms with Crippen molar-refractivity contribution in [1.29, 1.82) is 5.26 Å². The van der Waals surface area contributed by atoms with Crippen molar-refractivity contribution in [2.75, 3.05) is 6.54 Å². The predicted molar refractivity (Wildman–Crippen MR) is 91.2 cm³/mol. The van der Waals surface area contributed by atoms with E-state index in [1.165, 1.54) is 12.1 Å². The third-order valence-corrected chi connectivity index (χ3v) is 5.77. The number of benzene rings is 1. The van der Waals surface area contributed by atoms with Crippen LogP contribution in [0.5, 0.6) is 0 Å². The summed E-state index contributed by atoms with van der Waals surface area (Å²) in [5.74, 6) is 0.298. The summed E-state index contributed by atoms with van der Waals surface area (Å²) in [6, 6.07) is 6.15. The van der Waals surface area contributed by atoms with E-state index in [0.29, 0.717) is 16.0 Å². The Balaban J connectivity index is 0.00000242. The summed E-state index contributed by atoms with van der Waals surface area (Å²) in [4.78, 5) is 0.0878. The second-order valence-electron chi connectivity index (χ2n) is 5.30. The number of hydrogen-bond donors (Lipinski definition) is 2. The Morgan fingerprint density at radius 2 is 2.00 bits per heavy atom. The third-order valence-electron chi connectivity index (χ3n) is 3.84. The molecule has 0 aliphatic heterocycles. The fourth-order valence-electron chi connectivity index (χ4n) is 2.75. The quantitative estimate of drug-likeness (QED) is 0.782. The lowest BCUT2D eigenvalue weighted by molar-refractivity contribution is 0.405. The zero-order valence-corrected chi connectivity index (χ0v) is 15.2. The van der Waals surface area contributed by atoms with E-state index >= 15 is 0 Å². The molecule has 122 valence electrons. The van der Waals surface area contributed by atoms with Crippen molar-refractivity contribution in [3.63, 3.8) is 0 Å². The van der Waals surface area contributed by atoms with Gasteiger partial charge < -0.3 is 5.73 Å². The Hall–Kier alpha value is -0.650. The van der Waals surface area contributed by atoms with Crippen molar-refractivity contribution in [3.8, 4) is 6.07 Å². The molecule has 1 aliphatic rings. The predicted octanol–water partition coefficient (Wildman–Crippen LogP) is 2.54. The largest absolute Gasteiger partial charge is 0.329 e. The van der Waals surface area contributed by atoms with Crippen LogP contribution in [0.3, 0.4) is 0 Å². The monoisotopic (exact) mass is 407 g/mol. The zero-order valence-electron chi connectivity index (χ0n) is 12.0. The average molecular weight is 409 g/mol. The summed E-state index contributed by atoms with van der Waals surface area (Å²) in [7, 11) is -3.68. The van der Waals surface area contributed by atoms with Gasteiger partial charge in [0.25, 0.3) is 0 Å². The molecule has 0 heterocycles. The number of nitriles is 1. The number of nitrogens with one attached hydrogen (secondary N) is 1. The normalized spacial score (nSPS) is 16.8. The number of halogens is 2. The van der Waals surface area contributed by atoms with Gasteiger partial charge >= 0.3 is 0 Å². The highest BCUT2D eigenvalue weighted by atomic mass is 79.9. The van der Waals surface area contributed by atoms with E-state index in [0.717, 1.165) is 25.7 Å². The summed E-state index contributed by atoms with van der Waals surface area (Å²) in [6.07, 6.45) is 4.26. The smallest absolute Gasteiger partial charge is 0.240 e. The SMILES string of the molecule is Cl.N#Cc1cc(Br)cc(S(=O)(=O)NC(CN)C2CCCC2)c1. The van der Waals surface area contributed by atoms with Crippen LogP contribution in [0, 0.1) is 17.2 Å². The van der Waals surface area contributed by atoms with Crippen LogP contribution < -0.4 is 10.5 Å². The van der Waals surface area contributed by atoms with Gasteiger partial charge in [-0.2, -0.15) is 5.26 Å². The maximum Gasteiger partial charge on any atom is 0.240 e. The van der Waals surface area contributed by atoms with Crippen LogP contribution in [0.1, 0.15) is 31.2 Å². The number of nitrogens with two attached hydrogens (primary N) is 1. The Kier molecular flexibility index (Phi) is 7.29. The molecule has 1 aromatic rings. The first kappa shape index (κ1) is 19.4. The van der Waals surface area contributed by atoms with Crippen LogP contribution in [-0.4, -0.2) is 21.0 Å². The molecule has 3 N–H and O–H groups in total. The number of nitrogens with zero attached hydrogens (tertiary/aromatic N) is 1. The molecular weight excluding hydrogens is 390 g/mol. The van der Waals surface area contributed by atoms with Gasteiger partial charge in [-0.15, -0.1) is 12.4 Å². The molecule has 1 saturated carbocycles. The van der Waals surface area contributed by atoms with Gasteiger partial charge in [0.1, 0.15) is 0 Å². The van der Waals surface area contributed by atoms with E-state index in [9.17, 15) is 8.42 Å². The summed E-state index contributed by atoms with van der Waals surface area (Å²) in [5, 5.41) is 8.95. The zero-order chi connectivity index (χ0) is 15.5. The van der Waals surface area contributed by atoms with Crippen molar-refractivity contribution in [2.45, 2.75) is 36.6 Å². The van der Waals surface area contributed by atoms with Crippen LogP contribution in [0.15, 0.2) is 27.6 Å². The Morgan fingerprint density at radius 1 is 1.36 bits per heavy atom. The van der Waals surface area contributed by atoms with Gasteiger partial charge in [0.05, 0.1) is 16.5 Å². The van der Waals surface area contributed by atoms with E-state index in [4.69, 9.17) is 11.0 Å². The molecule has 0 spiro atoms. The number of sulfonamides is 1. The lowest BCUT2D eigenvalue weighted by Crippen LogP contribution is -2.44. The van der Waals surface area contributed by atoms with E-state index in [1.54, 1.807) is 6.07 Å². The highest BCUT2D eigenvalue weighted by Crippen LogP contribution is 2.28. The maximum absolute atomic E-state index is 12.5. The number of rotatable bonds is 5. The van der Waals surface area contributed by atoms with E-state index in [-0.39, 0.29) is 29.9 Å². The van der Waals surface area contributed by atoms with Crippen LogP contribution >= 0.6 is 28.3 Å². The summed E-state index contributed by atoms with van der Waals surface area (Å²) >= 11 is 3.23. The van der Waals surface area contributed by atoms with Crippen LogP contribution in [0.4, 0.5) is 0 Å². The van der Waals surface area contributed by atoms with Gasteiger partial charge in [0.2, 0.25) is 10.0 Å². The fraction of sp³-hybridized carbons (Fsp3) is 0.500. The Labute approximate surface area is 145 Å². The van der Waals surface area contributed by atoms with Gasteiger partial charge in [0, 0.05) is 17.1 Å². The van der Waals surface area contributed by atoms with Crippen LogP contribution in [-0.2, 0) is 10.0 Å². The minimum absolute atomic E-state index is 0. The van der Waals surface area contributed by atoms with Gasteiger partial charge in [0.15, 0.2) is 0 Å². The molecule has 0 saturated heterocycles. The van der Waals surface area contributed by atoms with Crippen molar-refractivity contribution < 1.29 is 8.42 Å². The second kappa shape index (κ2) is 8.27.